The maximum atomic E-state index is 14.6. The van der Waals surface area contributed by atoms with Gasteiger partial charge in [-0.05, 0) is 30.7 Å². The highest BCUT2D eigenvalue weighted by molar-refractivity contribution is 5.99. The van der Waals surface area contributed by atoms with Gasteiger partial charge in [0.1, 0.15) is 12.4 Å². The molecular weight excluding hydrogens is 377 g/mol. The summed E-state index contributed by atoms with van der Waals surface area (Å²) in [4.78, 5) is 27.6. The van der Waals surface area contributed by atoms with Crippen LogP contribution in [0.4, 0.5) is 24.5 Å². The van der Waals surface area contributed by atoms with Crippen LogP contribution in [-0.2, 0) is 16.2 Å². The Morgan fingerprint density at radius 1 is 1.14 bits per heavy atom. The minimum atomic E-state index is -1.40. The molecule has 0 fully saturated rings. The Morgan fingerprint density at radius 2 is 1.86 bits per heavy atom. The predicted octanol–water partition coefficient (Wildman–Crippen LogP) is 2.02. The number of likely N-dealkylation sites (N-methyl/N-ethyl adjacent to an activating group) is 1. The molecule has 0 saturated carbocycles. The lowest BCUT2D eigenvalue weighted by Crippen LogP contribution is -2.28. The Kier molecular flexibility index (Phi) is 6.96. The van der Waals surface area contributed by atoms with Gasteiger partial charge in [-0.15, -0.1) is 0 Å². The first-order valence-electron chi connectivity index (χ1n) is 8.13. The second kappa shape index (κ2) is 9.20. The van der Waals surface area contributed by atoms with E-state index in [4.69, 9.17) is 10.6 Å². The van der Waals surface area contributed by atoms with Crippen molar-refractivity contribution in [2.75, 3.05) is 19.0 Å². The largest absolute Gasteiger partial charge is 0.366 e. The molecular formula is C18H19F3N4O3. The Balaban J connectivity index is 2.30. The number of rotatable bonds is 8. The van der Waals surface area contributed by atoms with E-state index in [0.717, 1.165) is 6.07 Å². The number of hydrogen-bond acceptors (Lipinski definition) is 5. The molecule has 0 bridgehead atoms. The van der Waals surface area contributed by atoms with Crippen LogP contribution in [0.3, 0.4) is 0 Å². The summed E-state index contributed by atoms with van der Waals surface area (Å²) in [7, 11) is 1.41. The molecule has 0 aliphatic heterocycles. The van der Waals surface area contributed by atoms with Crippen molar-refractivity contribution >= 4 is 23.2 Å². The molecule has 7 nitrogen and oxygen atoms in total. The molecule has 0 saturated heterocycles. The van der Waals surface area contributed by atoms with Gasteiger partial charge in [0.05, 0.1) is 16.9 Å². The quantitative estimate of drug-likeness (QED) is 0.404. The molecule has 0 unspecified atom stereocenters. The van der Waals surface area contributed by atoms with Crippen LogP contribution < -0.4 is 21.8 Å². The average molecular weight is 396 g/mol. The van der Waals surface area contributed by atoms with Gasteiger partial charge in [0.2, 0.25) is 5.91 Å². The fraction of sp³-hybridized carbons (Fsp3) is 0.222. The zero-order valence-corrected chi connectivity index (χ0v) is 15.2. The van der Waals surface area contributed by atoms with Crippen LogP contribution in [-0.4, -0.2) is 25.5 Å². The van der Waals surface area contributed by atoms with E-state index < -0.39 is 35.0 Å². The number of amides is 2. The van der Waals surface area contributed by atoms with Crippen molar-refractivity contribution in [3.8, 4) is 0 Å². The van der Waals surface area contributed by atoms with Gasteiger partial charge in [0.15, 0.2) is 11.6 Å². The van der Waals surface area contributed by atoms with E-state index in [1.165, 1.54) is 19.2 Å². The number of carbonyl (C=O) groups is 2. The number of nitrogens with one attached hydrogen (secondary N) is 3. The van der Waals surface area contributed by atoms with Crippen LogP contribution in [0.25, 0.3) is 0 Å². The number of aryl methyl sites for hydroxylation is 1. The van der Waals surface area contributed by atoms with Gasteiger partial charge < -0.3 is 16.4 Å². The van der Waals surface area contributed by atoms with E-state index >= 15 is 0 Å². The molecule has 28 heavy (non-hydrogen) atoms. The van der Waals surface area contributed by atoms with Crippen LogP contribution in [0, 0.1) is 24.4 Å². The van der Waals surface area contributed by atoms with Gasteiger partial charge in [0, 0.05) is 19.2 Å². The highest BCUT2D eigenvalue weighted by atomic mass is 19.2. The smallest absolute Gasteiger partial charge is 0.250 e. The molecule has 0 radical (unpaired) electrons. The second-order valence-corrected chi connectivity index (χ2v) is 5.84. The zero-order chi connectivity index (χ0) is 20.8. The van der Waals surface area contributed by atoms with Gasteiger partial charge in [-0.3, -0.25) is 14.4 Å². The molecule has 2 amide bonds. The molecule has 5 N–H and O–H groups in total. The Labute approximate surface area is 159 Å². The van der Waals surface area contributed by atoms with E-state index in [9.17, 15) is 22.8 Å². The summed E-state index contributed by atoms with van der Waals surface area (Å²) in [5.41, 5.74) is 6.81. The minimum absolute atomic E-state index is 0.147. The first kappa shape index (κ1) is 21.2. The number of primary amides is 1. The van der Waals surface area contributed by atoms with Crippen molar-refractivity contribution in [2.24, 2.45) is 5.73 Å². The lowest BCUT2D eigenvalue weighted by atomic mass is 10.1. The van der Waals surface area contributed by atoms with Gasteiger partial charge >= 0.3 is 0 Å². The molecule has 0 heterocycles. The van der Waals surface area contributed by atoms with Crippen LogP contribution >= 0.6 is 0 Å². The lowest BCUT2D eigenvalue weighted by molar-refractivity contribution is -0.128. The molecule has 0 aliphatic rings. The van der Waals surface area contributed by atoms with Crippen molar-refractivity contribution in [1.82, 2.24) is 10.8 Å². The van der Waals surface area contributed by atoms with E-state index in [1.54, 1.807) is 13.0 Å². The van der Waals surface area contributed by atoms with E-state index in [0.29, 0.717) is 5.56 Å². The SMILES string of the molecule is CNC(=O)CONCc1cc(C(N)=O)c(Nc2ccc(C)cc2F)c(F)c1F. The summed E-state index contributed by atoms with van der Waals surface area (Å²) < 4.78 is 43.0. The highest BCUT2D eigenvalue weighted by Gasteiger charge is 2.22. The fourth-order valence-electron chi connectivity index (χ4n) is 2.30. The van der Waals surface area contributed by atoms with Crippen LogP contribution in [0.15, 0.2) is 24.3 Å². The number of anilines is 2. The lowest BCUT2D eigenvalue weighted by Gasteiger charge is -2.15. The Bertz CT molecular complexity index is 906. The molecule has 2 aromatic rings. The average Bonchev–Trinajstić information content (AvgIpc) is 2.65. The predicted molar refractivity (Wildman–Crippen MR) is 96.2 cm³/mol. The summed E-state index contributed by atoms with van der Waals surface area (Å²) in [6, 6.07) is 5.11. The molecule has 2 aromatic carbocycles. The molecule has 0 atom stereocenters. The molecule has 0 aromatic heterocycles. The topological polar surface area (TPSA) is 105 Å². The molecule has 10 heteroatoms. The number of carbonyl (C=O) groups excluding carboxylic acids is 2. The number of halogens is 3. The van der Waals surface area contributed by atoms with Gasteiger partial charge in [-0.25, -0.2) is 13.2 Å². The Hall–Kier alpha value is -3.11. The number of hydrogen-bond donors (Lipinski definition) is 4. The van der Waals surface area contributed by atoms with Crippen molar-refractivity contribution in [1.29, 1.82) is 0 Å². The van der Waals surface area contributed by atoms with Crippen molar-refractivity contribution in [3.63, 3.8) is 0 Å². The molecule has 0 aliphatic carbocycles. The summed E-state index contributed by atoms with van der Waals surface area (Å²) in [6.07, 6.45) is 0. The highest BCUT2D eigenvalue weighted by Crippen LogP contribution is 2.30. The summed E-state index contributed by atoms with van der Waals surface area (Å²) in [5.74, 6) is -4.86. The summed E-state index contributed by atoms with van der Waals surface area (Å²) in [5, 5.41) is 4.69. The fourth-order valence-corrected chi connectivity index (χ4v) is 2.30. The number of nitrogens with two attached hydrogens (primary N) is 1. The van der Waals surface area contributed by atoms with Gasteiger partial charge in [-0.1, -0.05) is 6.07 Å². The third-order valence-corrected chi connectivity index (χ3v) is 3.78. The number of hydroxylamine groups is 1. The van der Waals surface area contributed by atoms with Crippen molar-refractivity contribution < 1.29 is 27.6 Å². The molecule has 0 spiro atoms. The van der Waals surface area contributed by atoms with Crippen molar-refractivity contribution in [2.45, 2.75) is 13.5 Å². The van der Waals surface area contributed by atoms with Gasteiger partial charge in [0.25, 0.3) is 5.91 Å². The van der Waals surface area contributed by atoms with Crippen LogP contribution in [0.2, 0.25) is 0 Å². The summed E-state index contributed by atoms with van der Waals surface area (Å²) in [6.45, 7) is 0.963. The first-order chi connectivity index (χ1) is 13.2. The van der Waals surface area contributed by atoms with Crippen molar-refractivity contribution in [3.05, 3.63) is 58.4 Å². The standard InChI is InChI=1S/C18H19F3N4O3/c1-9-3-4-13(12(19)5-9)25-17-11(18(22)27)6-10(15(20)16(17)21)7-24-28-8-14(26)23-2/h3-6,24-25H,7-8H2,1-2H3,(H2,22,27)(H,23,26). The normalized spacial score (nSPS) is 10.6. The number of benzene rings is 2. The summed E-state index contributed by atoms with van der Waals surface area (Å²) >= 11 is 0. The van der Waals surface area contributed by atoms with E-state index in [1.807, 2.05) is 0 Å². The molecule has 2 rings (SSSR count). The third kappa shape index (κ3) is 4.99. The Morgan fingerprint density at radius 3 is 2.46 bits per heavy atom. The first-order valence-corrected chi connectivity index (χ1v) is 8.13. The third-order valence-electron chi connectivity index (χ3n) is 3.78. The van der Waals surface area contributed by atoms with Gasteiger partial charge in [-0.2, -0.15) is 5.48 Å². The minimum Gasteiger partial charge on any atom is -0.366 e. The van der Waals surface area contributed by atoms with E-state index in [-0.39, 0.29) is 30.0 Å². The second-order valence-electron chi connectivity index (χ2n) is 5.84. The van der Waals surface area contributed by atoms with Crippen LogP contribution in [0.5, 0.6) is 0 Å². The maximum absolute atomic E-state index is 14.6. The van der Waals surface area contributed by atoms with E-state index in [2.05, 4.69) is 16.1 Å². The molecule has 150 valence electrons. The zero-order valence-electron chi connectivity index (χ0n) is 15.2. The maximum Gasteiger partial charge on any atom is 0.250 e. The van der Waals surface area contributed by atoms with Crippen LogP contribution in [0.1, 0.15) is 21.5 Å². The monoisotopic (exact) mass is 396 g/mol.